The van der Waals surface area contributed by atoms with E-state index in [1.807, 2.05) is 0 Å². The van der Waals surface area contributed by atoms with Crippen LogP contribution in [0.3, 0.4) is 0 Å². The maximum Gasteiger partial charge on any atom is -0.0269 e. The van der Waals surface area contributed by atoms with Crippen molar-refractivity contribution in [1.82, 2.24) is 0 Å². The van der Waals surface area contributed by atoms with E-state index >= 15 is 0 Å². The Bertz CT molecular complexity index is 148. The normalized spacial score (nSPS) is 32.5. The first kappa shape index (κ1) is 11.1. The molecule has 0 spiro atoms. The molecule has 0 heteroatoms. The molecule has 2 unspecified atom stereocenters. The highest BCUT2D eigenvalue weighted by molar-refractivity contribution is 4.99. The molecule has 2 atom stereocenters. The summed E-state index contributed by atoms with van der Waals surface area (Å²) >= 11 is 0. The molecule has 0 aromatic carbocycles. The van der Waals surface area contributed by atoms with Crippen LogP contribution in [0.1, 0.15) is 66.2 Å². The van der Waals surface area contributed by atoms with Crippen LogP contribution in [0.5, 0.6) is 0 Å². The Labute approximate surface area is 84.1 Å². The van der Waals surface area contributed by atoms with Crippen molar-refractivity contribution in [2.24, 2.45) is 17.3 Å². The van der Waals surface area contributed by atoms with Crippen LogP contribution in [0.15, 0.2) is 0 Å². The van der Waals surface area contributed by atoms with Crippen LogP contribution in [0, 0.1) is 17.3 Å². The monoisotopic (exact) mass is 182 g/mol. The largest absolute Gasteiger partial charge is 0.0654 e. The molecular formula is C13H26. The summed E-state index contributed by atoms with van der Waals surface area (Å²) in [5.41, 5.74) is 0.792. The van der Waals surface area contributed by atoms with E-state index in [2.05, 4.69) is 27.7 Å². The minimum atomic E-state index is 0.792. The van der Waals surface area contributed by atoms with Crippen molar-refractivity contribution in [3.05, 3.63) is 0 Å². The van der Waals surface area contributed by atoms with E-state index < -0.39 is 0 Å². The Kier molecular flexibility index (Phi) is 3.82. The summed E-state index contributed by atoms with van der Waals surface area (Å²) in [6, 6.07) is 0. The van der Waals surface area contributed by atoms with E-state index in [9.17, 15) is 0 Å². The molecular weight excluding hydrogens is 156 g/mol. The standard InChI is InChI=1S/C13H26/c1-5-6-8-13(10-12(13)4)9-7-11(2)3/h11-12H,5-10H2,1-4H3. The van der Waals surface area contributed by atoms with Gasteiger partial charge in [-0.3, -0.25) is 0 Å². The van der Waals surface area contributed by atoms with Gasteiger partial charge >= 0.3 is 0 Å². The molecule has 1 aliphatic carbocycles. The summed E-state index contributed by atoms with van der Waals surface area (Å²) in [6.45, 7) is 9.44. The van der Waals surface area contributed by atoms with Gasteiger partial charge in [-0.1, -0.05) is 47.0 Å². The molecule has 0 heterocycles. The van der Waals surface area contributed by atoms with Crippen LogP contribution >= 0.6 is 0 Å². The van der Waals surface area contributed by atoms with E-state index in [1.165, 1.54) is 38.5 Å². The van der Waals surface area contributed by atoms with E-state index in [0.29, 0.717) is 0 Å². The molecule has 0 amide bonds. The minimum absolute atomic E-state index is 0.792. The highest BCUT2D eigenvalue weighted by Gasteiger charge is 2.49. The molecule has 1 fully saturated rings. The highest BCUT2D eigenvalue weighted by Crippen LogP contribution is 2.59. The molecule has 78 valence electrons. The van der Waals surface area contributed by atoms with Crippen molar-refractivity contribution in [1.29, 1.82) is 0 Å². The van der Waals surface area contributed by atoms with Gasteiger partial charge in [-0.25, -0.2) is 0 Å². The van der Waals surface area contributed by atoms with Crippen LogP contribution in [-0.2, 0) is 0 Å². The second-order valence-corrected chi connectivity index (χ2v) is 5.50. The molecule has 0 radical (unpaired) electrons. The summed E-state index contributed by atoms with van der Waals surface area (Å²) in [5.74, 6) is 1.92. The molecule has 0 nitrogen and oxygen atoms in total. The number of unbranched alkanes of at least 4 members (excludes halogenated alkanes) is 1. The Morgan fingerprint density at radius 3 is 2.31 bits per heavy atom. The van der Waals surface area contributed by atoms with Crippen LogP contribution in [-0.4, -0.2) is 0 Å². The lowest BCUT2D eigenvalue weighted by Gasteiger charge is -2.17. The first-order valence-electron chi connectivity index (χ1n) is 6.10. The Morgan fingerprint density at radius 1 is 1.31 bits per heavy atom. The zero-order valence-electron chi connectivity index (χ0n) is 9.90. The van der Waals surface area contributed by atoms with Crippen LogP contribution in [0.4, 0.5) is 0 Å². The second-order valence-electron chi connectivity index (χ2n) is 5.50. The Hall–Kier alpha value is 0. The van der Waals surface area contributed by atoms with Gasteiger partial charge in [0.2, 0.25) is 0 Å². The maximum atomic E-state index is 2.44. The van der Waals surface area contributed by atoms with Gasteiger partial charge in [0.05, 0.1) is 0 Å². The number of hydrogen-bond donors (Lipinski definition) is 0. The van der Waals surface area contributed by atoms with E-state index in [0.717, 1.165) is 17.3 Å². The van der Waals surface area contributed by atoms with Crippen molar-refractivity contribution >= 4 is 0 Å². The van der Waals surface area contributed by atoms with Gasteiger partial charge in [-0.15, -0.1) is 0 Å². The third-order valence-electron chi connectivity index (χ3n) is 3.85. The summed E-state index contributed by atoms with van der Waals surface area (Å²) in [4.78, 5) is 0. The van der Waals surface area contributed by atoms with E-state index in [4.69, 9.17) is 0 Å². The molecule has 1 aliphatic rings. The summed E-state index contributed by atoms with van der Waals surface area (Å²) in [7, 11) is 0. The molecule has 0 bridgehead atoms. The SMILES string of the molecule is CCCCC1(CCC(C)C)CC1C. The minimum Gasteiger partial charge on any atom is -0.0654 e. The zero-order chi connectivity index (χ0) is 9.90. The number of hydrogen-bond acceptors (Lipinski definition) is 0. The summed E-state index contributed by atoms with van der Waals surface area (Å²) in [5, 5.41) is 0. The first-order valence-corrected chi connectivity index (χ1v) is 6.10. The second kappa shape index (κ2) is 4.48. The van der Waals surface area contributed by atoms with Crippen molar-refractivity contribution < 1.29 is 0 Å². The van der Waals surface area contributed by atoms with Gasteiger partial charge in [0.25, 0.3) is 0 Å². The molecule has 0 aromatic heterocycles. The summed E-state index contributed by atoms with van der Waals surface area (Å²) in [6.07, 6.45) is 8.76. The molecule has 0 N–H and O–H groups in total. The average molecular weight is 182 g/mol. The number of rotatable bonds is 6. The predicted molar refractivity (Wildman–Crippen MR) is 59.8 cm³/mol. The average Bonchev–Trinajstić information content (AvgIpc) is 2.71. The molecule has 0 aliphatic heterocycles. The molecule has 1 rings (SSSR count). The first-order chi connectivity index (χ1) is 6.10. The van der Waals surface area contributed by atoms with E-state index in [-0.39, 0.29) is 0 Å². The Morgan fingerprint density at radius 2 is 1.92 bits per heavy atom. The Balaban J connectivity index is 2.25. The lowest BCUT2D eigenvalue weighted by atomic mass is 9.88. The fourth-order valence-corrected chi connectivity index (χ4v) is 2.48. The molecule has 0 saturated heterocycles. The van der Waals surface area contributed by atoms with Gasteiger partial charge in [0.1, 0.15) is 0 Å². The van der Waals surface area contributed by atoms with Gasteiger partial charge in [0, 0.05) is 0 Å². The third-order valence-corrected chi connectivity index (χ3v) is 3.85. The van der Waals surface area contributed by atoms with Gasteiger partial charge in [-0.05, 0) is 36.5 Å². The molecule has 13 heavy (non-hydrogen) atoms. The predicted octanol–water partition coefficient (Wildman–Crippen LogP) is 4.64. The fourth-order valence-electron chi connectivity index (χ4n) is 2.48. The maximum absolute atomic E-state index is 2.44. The van der Waals surface area contributed by atoms with Crippen molar-refractivity contribution in [2.75, 3.05) is 0 Å². The molecule has 0 aromatic rings. The van der Waals surface area contributed by atoms with Crippen LogP contribution in [0.2, 0.25) is 0 Å². The smallest absolute Gasteiger partial charge is 0.0269 e. The quantitative estimate of drug-likeness (QED) is 0.561. The molecule has 1 saturated carbocycles. The lowest BCUT2D eigenvalue weighted by molar-refractivity contribution is 0.345. The summed E-state index contributed by atoms with van der Waals surface area (Å²) < 4.78 is 0. The van der Waals surface area contributed by atoms with Gasteiger partial charge in [-0.2, -0.15) is 0 Å². The van der Waals surface area contributed by atoms with E-state index in [1.54, 1.807) is 0 Å². The fraction of sp³-hybridized carbons (Fsp3) is 1.00. The lowest BCUT2D eigenvalue weighted by Crippen LogP contribution is -2.05. The van der Waals surface area contributed by atoms with Crippen LogP contribution in [0.25, 0.3) is 0 Å². The third kappa shape index (κ3) is 3.00. The van der Waals surface area contributed by atoms with Crippen LogP contribution < -0.4 is 0 Å². The van der Waals surface area contributed by atoms with Crippen molar-refractivity contribution in [2.45, 2.75) is 66.2 Å². The van der Waals surface area contributed by atoms with Crippen molar-refractivity contribution in [3.8, 4) is 0 Å². The topological polar surface area (TPSA) is 0 Å². The van der Waals surface area contributed by atoms with Crippen molar-refractivity contribution in [3.63, 3.8) is 0 Å². The van der Waals surface area contributed by atoms with Gasteiger partial charge in [0.15, 0.2) is 0 Å². The van der Waals surface area contributed by atoms with Gasteiger partial charge < -0.3 is 0 Å². The highest BCUT2D eigenvalue weighted by atomic mass is 14.5. The zero-order valence-corrected chi connectivity index (χ0v) is 9.90.